The summed E-state index contributed by atoms with van der Waals surface area (Å²) in [6.45, 7) is 0.0421. The second kappa shape index (κ2) is 8.61. The lowest BCUT2D eigenvalue weighted by atomic mass is 10.1. The largest absolute Gasteiger partial charge is 0.469 e. The van der Waals surface area contributed by atoms with Crippen LogP contribution in [0, 0.1) is 10.1 Å². The average Bonchev–Trinajstić information content (AvgIpc) is 2.67. The van der Waals surface area contributed by atoms with Crippen molar-refractivity contribution < 1.29 is 19.2 Å². The molecule has 0 saturated carbocycles. The monoisotopic (exact) mass is 357 g/mol. The Morgan fingerprint density at radius 2 is 1.88 bits per heavy atom. The van der Waals surface area contributed by atoms with Crippen LogP contribution in [0.2, 0.25) is 0 Å². The fourth-order valence-corrected chi connectivity index (χ4v) is 2.43. The molecule has 0 aromatic heterocycles. The first-order chi connectivity index (χ1) is 12.5. The molecule has 1 amide bonds. The predicted molar refractivity (Wildman–Crippen MR) is 97.4 cm³/mol. The van der Waals surface area contributed by atoms with Gasteiger partial charge in [-0.05, 0) is 24.3 Å². The van der Waals surface area contributed by atoms with Gasteiger partial charge in [0.1, 0.15) is 5.56 Å². The first-order valence-electron chi connectivity index (χ1n) is 7.88. The molecule has 0 spiro atoms. The Labute approximate surface area is 150 Å². The number of nitrogens with zero attached hydrogens (tertiary/aromatic N) is 2. The van der Waals surface area contributed by atoms with Gasteiger partial charge in [-0.1, -0.05) is 18.2 Å². The fraction of sp³-hybridized carbons (Fsp3) is 0.222. The topological polar surface area (TPSA) is 102 Å². The van der Waals surface area contributed by atoms with Gasteiger partial charge in [0.15, 0.2) is 0 Å². The number of esters is 1. The van der Waals surface area contributed by atoms with Crippen LogP contribution in [0.5, 0.6) is 0 Å². The number of anilines is 2. The number of hydrogen-bond donors (Lipinski definition) is 1. The molecule has 2 aromatic rings. The Bertz CT molecular complexity index is 808. The van der Waals surface area contributed by atoms with Gasteiger partial charge in [-0.25, -0.2) is 0 Å². The van der Waals surface area contributed by atoms with Crippen LogP contribution in [0.15, 0.2) is 48.5 Å². The summed E-state index contributed by atoms with van der Waals surface area (Å²) in [6, 6.07) is 13.0. The van der Waals surface area contributed by atoms with Crippen molar-refractivity contribution in [2.24, 2.45) is 0 Å². The highest BCUT2D eigenvalue weighted by Gasteiger charge is 2.26. The molecule has 0 aliphatic heterocycles. The van der Waals surface area contributed by atoms with Crippen molar-refractivity contribution in [3.8, 4) is 0 Å². The summed E-state index contributed by atoms with van der Waals surface area (Å²) >= 11 is 0. The SMILES string of the molecule is CNc1ccc(C(=O)N(CCC(=O)OC)c2ccccc2)c([N+](=O)[O-])c1. The number of carbonyl (C=O) groups is 2. The van der Waals surface area contributed by atoms with E-state index >= 15 is 0 Å². The molecule has 0 fully saturated rings. The first kappa shape index (κ1) is 18.9. The summed E-state index contributed by atoms with van der Waals surface area (Å²) in [6.07, 6.45) is -0.0282. The van der Waals surface area contributed by atoms with Crippen LogP contribution in [-0.4, -0.2) is 37.5 Å². The molecule has 0 bridgehead atoms. The summed E-state index contributed by atoms with van der Waals surface area (Å²) in [5.74, 6) is -1.03. The van der Waals surface area contributed by atoms with Crippen LogP contribution >= 0.6 is 0 Å². The number of carbonyl (C=O) groups excluding carboxylic acids is 2. The van der Waals surface area contributed by atoms with Gasteiger partial charge in [-0.15, -0.1) is 0 Å². The molecule has 2 aromatic carbocycles. The molecule has 8 heteroatoms. The number of ether oxygens (including phenoxy) is 1. The fourth-order valence-electron chi connectivity index (χ4n) is 2.43. The molecule has 1 N–H and O–H groups in total. The smallest absolute Gasteiger partial charge is 0.307 e. The number of hydrogen-bond acceptors (Lipinski definition) is 6. The second-order valence-corrected chi connectivity index (χ2v) is 5.36. The number of para-hydroxylation sites is 1. The Hall–Kier alpha value is -3.42. The molecule has 0 unspecified atom stereocenters. The Balaban J connectivity index is 2.43. The standard InChI is InChI=1S/C18H19N3O5/c1-19-13-8-9-15(16(12-13)21(24)25)18(23)20(11-10-17(22)26-2)14-6-4-3-5-7-14/h3-9,12,19H,10-11H2,1-2H3. The van der Waals surface area contributed by atoms with Crippen molar-refractivity contribution in [1.82, 2.24) is 0 Å². The Kier molecular flexibility index (Phi) is 6.26. The van der Waals surface area contributed by atoms with Crippen LogP contribution in [0.1, 0.15) is 16.8 Å². The lowest BCUT2D eigenvalue weighted by molar-refractivity contribution is -0.385. The maximum absolute atomic E-state index is 13.0. The van der Waals surface area contributed by atoms with E-state index in [0.717, 1.165) is 0 Å². The molecule has 0 saturated heterocycles. The minimum atomic E-state index is -0.600. The highest BCUT2D eigenvalue weighted by Crippen LogP contribution is 2.26. The molecule has 0 heterocycles. The molecule has 26 heavy (non-hydrogen) atoms. The van der Waals surface area contributed by atoms with E-state index in [1.165, 1.54) is 24.1 Å². The van der Waals surface area contributed by atoms with Gasteiger partial charge >= 0.3 is 5.97 Å². The van der Waals surface area contributed by atoms with Crippen molar-refractivity contribution in [1.29, 1.82) is 0 Å². The Morgan fingerprint density at radius 3 is 2.46 bits per heavy atom. The van der Waals surface area contributed by atoms with E-state index in [2.05, 4.69) is 10.1 Å². The van der Waals surface area contributed by atoms with E-state index in [4.69, 9.17) is 0 Å². The quantitative estimate of drug-likeness (QED) is 0.464. The molecule has 8 nitrogen and oxygen atoms in total. The van der Waals surface area contributed by atoms with Gasteiger partial charge in [0.2, 0.25) is 0 Å². The van der Waals surface area contributed by atoms with Gasteiger partial charge in [-0.2, -0.15) is 0 Å². The number of rotatable bonds is 7. The zero-order valence-electron chi connectivity index (χ0n) is 14.5. The maximum atomic E-state index is 13.0. The van der Waals surface area contributed by atoms with Crippen molar-refractivity contribution >= 4 is 28.9 Å². The summed E-state index contributed by atoms with van der Waals surface area (Å²) < 4.78 is 4.62. The lowest BCUT2D eigenvalue weighted by Crippen LogP contribution is -2.33. The van der Waals surface area contributed by atoms with E-state index in [0.29, 0.717) is 11.4 Å². The van der Waals surface area contributed by atoms with Crippen LogP contribution < -0.4 is 10.2 Å². The second-order valence-electron chi connectivity index (χ2n) is 5.36. The van der Waals surface area contributed by atoms with E-state index in [1.807, 2.05) is 0 Å². The average molecular weight is 357 g/mol. The maximum Gasteiger partial charge on any atom is 0.307 e. The summed E-state index contributed by atoms with van der Waals surface area (Å²) in [7, 11) is 2.89. The predicted octanol–water partition coefficient (Wildman–Crippen LogP) is 2.85. The molecule has 2 rings (SSSR count). The molecule has 0 radical (unpaired) electrons. The van der Waals surface area contributed by atoms with Crippen LogP contribution in [0.4, 0.5) is 17.1 Å². The zero-order chi connectivity index (χ0) is 19.1. The number of nitrogens with one attached hydrogen (secondary N) is 1. The third kappa shape index (κ3) is 4.35. The van der Waals surface area contributed by atoms with Crippen molar-refractivity contribution in [2.75, 3.05) is 30.9 Å². The minimum absolute atomic E-state index is 0.0282. The number of amides is 1. The van der Waals surface area contributed by atoms with Gasteiger partial charge in [0, 0.05) is 31.0 Å². The van der Waals surface area contributed by atoms with Gasteiger partial charge < -0.3 is 15.0 Å². The molecule has 0 atom stereocenters. The number of nitro benzene ring substituents is 1. The normalized spacial score (nSPS) is 10.1. The van der Waals surface area contributed by atoms with Crippen molar-refractivity contribution in [3.05, 3.63) is 64.2 Å². The van der Waals surface area contributed by atoms with E-state index in [-0.39, 0.29) is 24.2 Å². The lowest BCUT2D eigenvalue weighted by Gasteiger charge is -2.22. The van der Waals surface area contributed by atoms with Crippen LogP contribution in [0.25, 0.3) is 0 Å². The molecular formula is C18H19N3O5. The Morgan fingerprint density at radius 1 is 1.19 bits per heavy atom. The summed E-state index contributed by atoms with van der Waals surface area (Å²) in [4.78, 5) is 36.6. The summed E-state index contributed by atoms with van der Waals surface area (Å²) in [5.41, 5.74) is 0.700. The number of methoxy groups -OCH3 is 1. The molecular weight excluding hydrogens is 338 g/mol. The van der Waals surface area contributed by atoms with E-state index < -0.39 is 16.8 Å². The van der Waals surface area contributed by atoms with Crippen LogP contribution in [0.3, 0.4) is 0 Å². The van der Waals surface area contributed by atoms with E-state index in [1.54, 1.807) is 43.4 Å². The summed E-state index contributed by atoms with van der Waals surface area (Å²) in [5, 5.41) is 14.2. The molecule has 136 valence electrons. The number of nitro groups is 1. The van der Waals surface area contributed by atoms with Crippen molar-refractivity contribution in [3.63, 3.8) is 0 Å². The highest BCUT2D eigenvalue weighted by atomic mass is 16.6. The van der Waals surface area contributed by atoms with E-state index in [9.17, 15) is 19.7 Å². The third-order valence-electron chi connectivity index (χ3n) is 3.79. The van der Waals surface area contributed by atoms with Gasteiger partial charge in [0.25, 0.3) is 11.6 Å². The molecule has 0 aliphatic rings. The zero-order valence-corrected chi connectivity index (χ0v) is 14.5. The minimum Gasteiger partial charge on any atom is -0.469 e. The number of benzene rings is 2. The molecule has 0 aliphatic carbocycles. The van der Waals surface area contributed by atoms with Gasteiger partial charge in [0.05, 0.1) is 18.5 Å². The van der Waals surface area contributed by atoms with Crippen LogP contribution in [-0.2, 0) is 9.53 Å². The van der Waals surface area contributed by atoms with Crippen molar-refractivity contribution in [2.45, 2.75) is 6.42 Å². The van der Waals surface area contributed by atoms with Gasteiger partial charge in [-0.3, -0.25) is 19.7 Å². The first-order valence-corrected chi connectivity index (χ1v) is 7.88. The third-order valence-corrected chi connectivity index (χ3v) is 3.79. The highest BCUT2D eigenvalue weighted by molar-refractivity contribution is 6.09.